The summed E-state index contributed by atoms with van der Waals surface area (Å²) in [6.07, 6.45) is 1.71. The first-order valence-corrected chi connectivity index (χ1v) is 9.48. The summed E-state index contributed by atoms with van der Waals surface area (Å²) in [4.78, 5) is 12.7. The van der Waals surface area contributed by atoms with Gasteiger partial charge in [0.25, 0.3) is 0 Å². The number of rotatable bonds is 4. The number of halogens is 2. The van der Waals surface area contributed by atoms with Crippen LogP contribution in [-0.2, 0) is 6.61 Å². The number of Topliss-reactive ketones (excluding diaryl/α,β-unsaturated/α-hetero) is 1. The predicted octanol–water partition coefficient (Wildman–Crippen LogP) is 6.50. The van der Waals surface area contributed by atoms with Gasteiger partial charge < -0.3 is 9.47 Å². The largest absolute Gasteiger partial charge is 0.488 e. The van der Waals surface area contributed by atoms with Gasteiger partial charge in [-0.2, -0.15) is 0 Å². The smallest absolute Gasteiger partial charge is 0.231 e. The van der Waals surface area contributed by atoms with Gasteiger partial charge in [-0.05, 0) is 48.9 Å². The van der Waals surface area contributed by atoms with Crippen molar-refractivity contribution in [3.05, 3.63) is 98.7 Å². The number of ketones is 1. The first-order chi connectivity index (χ1) is 13.5. The maximum absolute atomic E-state index is 12.7. The molecule has 0 atom stereocenters. The Bertz CT molecular complexity index is 1090. The van der Waals surface area contributed by atoms with Gasteiger partial charge in [-0.1, -0.05) is 53.5 Å². The first kappa shape index (κ1) is 18.6. The van der Waals surface area contributed by atoms with Crippen LogP contribution in [0.5, 0.6) is 11.5 Å². The molecule has 1 heterocycles. The third-order valence-electron chi connectivity index (χ3n) is 4.55. The lowest BCUT2D eigenvalue weighted by molar-refractivity contribution is 0.101. The minimum atomic E-state index is -0.147. The van der Waals surface area contributed by atoms with Crippen LogP contribution >= 0.6 is 23.2 Å². The molecule has 0 radical (unpaired) electrons. The van der Waals surface area contributed by atoms with Crippen LogP contribution in [-0.4, -0.2) is 5.78 Å². The summed E-state index contributed by atoms with van der Waals surface area (Å²) in [5.74, 6) is 1.32. The fourth-order valence-electron chi connectivity index (χ4n) is 3.01. The summed E-state index contributed by atoms with van der Waals surface area (Å²) in [6, 6.07) is 18.3. The van der Waals surface area contributed by atoms with E-state index in [1.165, 1.54) is 0 Å². The van der Waals surface area contributed by atoms with E-state index in [0.29, 0.717) is 33.7 Å². The van der Waals surface area contributed by atoms with Crippen LogP contribution in [0.15, 0.2) is 66.4 Å². The molecule has 1 aliphatic rings. The third-order valence-corrected chi connectivity index (χ3v) is 5.17. The predicted molar refractivity (Wildman–Crippen MR) is 111 cm³/mol. The van der Waals surface area contributed by atoms with Crippen LogP contribution in [0.3, 0.4) is 0 Å². The van der Waals surface area contributed by atoms with E-state index in [2.05, 4.69) is 0 Å². The van der Waals surface area contributed by atoms with Gasteiger partial charge in [0, 0.05) is 21.2 Å². The van der Waals surface area contributed by atoms with Crippen molar-refractivity contribution < 1.29 is 14.3 Å². The van der Waals surface area contributed by atoms with Crippen molar-refractivity contribution in [3.8, 4) is 11.5 Å². The molecule has 5 heteroatoms. The van der Waals surface area contributed by atoms with E-state index in [-0.39, 0.29) is 11.5 Å². The molecule has 0 bridgehead atoms. The number of allylic oxidation sites excluding steroid dienone is 1. The molecule has 0 saturated carbocycles. The molecule has 140 valence electrons. The van der Waals surface area contributed by atoms with E-state index in [4.69, 9.17) is 32.7 Å². The summed E-state index contributed by atoms with van der Waals surface area (Å²) in [5.41, 5.74) is 3.04. The van der Waals surface area contributed by atoms with Gasteiger partial charge in [0.2, 0.25) is 5.78 Å². The molecule has 1 aliphatic heterocycles. The van der Waals surface area contributed by atoms with Crippen molar-refractivity contribution in [2.75, 3.05) is 0 Å². The Kier molecular flexibility index (Phi) is 5.12. The molecule has 0 fully saturated rings. The van der Waals surface area contributed by atoms with Gasteiger partial charge in [-0.15, -0.1) is 0 Å². The van der Waals surface area contributed by atoms with Crippen molar-refractivity contribution in [1.82, 2.24) is 0 Å². The molecule has 3 aromatic carbocycles. The molecule has 0 N–H and O–H groups in total. The molecule has 0 amide bonds. The van der Waals surface area contributed by atoms with Crippen molar-refractivity contribution in [2.45, 2.75) is 13.5 Å². The average Bonchev–Trinajstić information content (AvgIpc) is 3.01. The van der Waals surface area contributed by atoms with Crippen LogP contribution in [0.4, 0.5) is 0 Å². The van der Waals surface area contributed by atoms with Gasteiger partial charge in [0.05, 0.1) is 5.56 Å². The van der Waals surface area contributed by atoms with E-state index in [0.717, 1.165) is 16.7 Å². The SMILES string of the molecule is Cc1c(OCc2ccccc2Cl)ccc2c1O/C(=C\c1ccc(Cl)cc1)C2=O. The zero-order chi connectivity index (χ0) is 19.7. The molecule has 0 unspecified atom stereocenters. The first-order valence-electron chi connectivity index (χ1n) is 8.72. The second-order valence-corrected chi connectivity index (χ2v) is 7.28. The number of hydrogen-bond donors (Lipinski definition) is 0. The fourth-order valence-corrected chi connectivity index (χ4v) is 3.32. The van der Waals surface area contributed by atoms with Crippen LogP contribution in [0.2, 0.25) is 10.0 Å². The van der Waals surface area contributed by atoms with Gasteiger partial charge in [-0.3, -0.25) is 4.79 Å². The molecule has 0 spiro atoms. The Morgan fingerprint density at radius 2 is 1.75 bits per heavy atom. The summed E-state index contributed by atoms with van der Waals surface area (Å²) in [7, 11) is 0. The highest BCUT2D eigenvalue weighted by Gasteiger charge is 2.30. The van der Waals surface area contributed by atoms with Crippen LogP contribution in [0.1, 0.15) is 27.0 Å². The standard InChI is InChI=1S/C23H16Cl2O3/c1-14-20(27-13-16-4-2-3-5-19(16)25)11-10-18-22(26)21(28-23(14)18)12-15-6-8-17(24)9-7-15/h2-12H,13H2,1H3/b21-12-. The second kappa shape index (κ2) is 7.70. The average molecular weight is 411 g/mol. The Hall–Kier alpha value is -2.75. The lowest BCUT2D eigenvalue weighted by Crippen LogP contribution is -1.99. The maximum Gasteiger partial charge on any atom is 0.231 e. The highest BCUT2D eigenvalue weighted by molar-refractivity contribution is 6.31. The number of benzene rings is 3. The van der Waals surface area contributed by atoms with Crippen molar-refractivity contribution in [3.63, 3.8) is 0 Å². The van der Waals surface area contributed by atoms with Crippen LogP contribution in [0.25, 0.3) is 6.08 Å². The quantitative estimate of drug-likeness (QED) is 0.460. The number of carbonyl (C=O) groups is 1. The summed E-state index contributed by atoms with van der Waals surface area (Å²) < 4.78 is 11.8. The molecule has 4 rings (SSSR count). The summed E-state index contributed by atoms with van der Waals surface area (Å²) >= 11 is 12.1. The Balaban J connectivity index is 1.58. The minimum absolute atomic E-state index is 0.147. The van der Waals surface area contributed by atoms with E-state index >= 15 is 0 Å². The topological polar surface area (TPSA) is 35.5 Å². The van der Waals surface area contributed by atoms with Crippen molar-refractivity contribution in [2.24, 2.45) is 0 Å². The molecule has 28 heavy (non-hydrogen) atoms. The monoisotopic (exact) mass is 410 g/mol. The van der Waals surface area contributed by atoms with E-state index in [1.54, 1.807) is 30.3 Å². The summed E-state index contributed by atoms with van der Waals surface area (Å²) in [6.45, 7) is 2.21. The van der Waals surface area contributed by atoms with E-state index in [1.807, 2.05) is 43.3 Å². The number of fused-ring (bicyclic) bond motifs is 1. The van der Waals surface area contributed by atoms with Gasteiger partial charge in [-0.25, -0.2) is 0 Å². The Labute approximate surface area is 173 Å². The molecule has 0 aromatic heterocycles. The van der Waals surface area contributed by atoms with Crippen LogP contribution in [0, 0.1) is 6.92 Å². The summed E-state index contributed by atoms with van der Waals surface area (Å²) in [5, 5.41) is 1.29. The molecule has 3 aromatic rings. The lowest BCUT2D eigenvalue weighted by atomic mass is 10.1. The third kappa shape index (κ3) is 3.64. The second-order valence-electron chi connectivity index (χ2n) is 6.44. The molecular weight excluding hydrogens is 395 g/mol. The van der Waals surface area contributed by atoms with E-state index < -0.39 is 0 Å². The normalized spacial score (nSPS) is 14.1. The Morgan fingerprint density at radius 1 is 1.00 bits per heavy atom. The molecule has 3 nitrogen and oxygen atoms in total. The molecule has 0 saturated heterocycles. The number of hydrogen-bond acceptors (Lipinski definition) is 3. The van der Waals surface area contributed by atoms with E-state index in [9.17, 15) is 4.79 Å². The van der Waals surface area contributed by atoms with Crippen molar-refractivity contribution >= 4 is 35.1 Å². The fraction of sp³-hybridized carbons (Fsp3) is 0.0870. The number of ether oxygens (including phenoxy) is 2. The lowest BCUT2D eigenvalue weighted by Gasteiger charge is -2.12. The zero-order valence-corrected chi connectivity index (χ0v) is 16.6. The van der Waals surface area contributed by atoms with Crippen molar-refractivity contribution in [1.29, 1.82) is 0 Å². The van der Waals surface area contributed by atoms with Gasteiger partial charge in [0.1, 0.15) is 18.1 Å². The van der Waals surface area contributed by atoms with Gasteiger partial charge >= 0.3 is 0 Å². The molecule has 0 aliphatic carbocycles. The maximum atomic E-state index is 12.7. The van der Waals surface area contributed by atoms with Gasteiger partial charge in [0.15, 0.2) is 5.76 Å². The zero-order valence-electron chi connectivity index (χ0n) is 15.0. The van der Waals surface area contributed by atoms with Crippen LogP contribution < -0.4 is 9.47 Å². The highest BCUT2D eigenvalue weighted by atomic mass is 35.5. The Morgan fingerprint density at radius 3 is 2.50 bits per heavy atom. The molecular formula is C23H16Cl2O3. The highest BCUT2D eigenvalue weighted by Crippen LogP contribution is 2.39. The number of carbonyl (C=O) groups excluding carboxylic acids is 1. The minimum Gasteiger partial charge on any atom is -0.488 e.